The summed E-state index contributed by atoms with van der Waals surface area (Å²) in [7, 11) is 1.31. The second-order valence-corrected chi connectivity index (χ2v) is 7.77. The lowest BCUT2D eigenvalue weighted by atomic mass is 10.2. The van der Waals surface area contributed by atoms with Crippen molar-refractivity contribution in [3.63, 3.8) is 0 Å². The molecule has 0 radical (unpaired) electrons. The maximum absolute atomic E-state index is 13.0. The van der Waals surface area contributed by atoms with Crippen molar-refractivity contribution >= 4 is 11.0 Å². The van der Waals surface area contributed by atoms with Crippen molar-refractivity contribution < 1.29 is 13.2 Å². The molecule has 10 heteroatoms. The number of alkyl halides is 3. The summed E-state index contributed by atoms with van der Waals surface area (Å²) >= 11 is 0. The summed E-state index contributed by atoms with van der Waals surface area (Å²) in [5.74, 6) is 0. The third-order valence-corrected chi connectivity index (χ3v) is 5.80. The number of hydrogen-bond donors (Lipinski definition) is 0. The lowest BCUT2D eigenvalue weighted by molar-refractivity contribution is -0.141. The molecule has 0 fully saturated rings. The zero-order valence-electron chi connectivity index (χ0n) is 17.1. The van der Waals surface area contributed by atoms with Crippen LogP contribution in [0, 0.1) is 0 Å². The molecule has 7 nitrogen and oxygen atoms in total. The Kier molecular flexibility index (Phi) is 4.54. The standard InChI is InChI=1S/C22H18F3N5O2/c1-28-19-15(10-11-18(26-19)22(23,24)25)20(31)29(21(28)32)12-16-14-8-5-9-17(14)30(27-16)13-6-3-2-4-7-13/h2-4,6-7,10-11H,5,8-9,12H2,1H3. The second-order valence-electron chi connectivity index (χ2n) is 7.77. The first kappa shape index (κ1) is 20.2. The minimum atomic E-state index is -4.68. The van der Waals surface area contributed by atoms with E-state index in [1.165, 1.54) is 7.05 Å². The Morgan fingerprint density at radius 3 is 2.50 bits per heavy atom. The van der Waals surface area contributed by atoms with Crippen molar-refractivity contribution in [2.75, 3.05) is 0 Å². The minimum Gasteiger partial charge on any atom is -0.280 e. The molecule has 3 heterocycles. The van der Waals surface area contributed by atoms with Crippen LogP contribution in [0.25, 0.3) is 16.7 Å². The first-order valence-electron chi connectivity index (χ1n) is 10.1. The van der Waals surface area contributed by atoms with Crippen LogP contribution in [0.1, 0.15) is 29.1 Å². The van der Waals surface area contributed by atoms with Crippen molar-refractivity contribution in [3.05, 3.63) is 85.9 Å². The number of benzene rings is 1. The van der Waals surface area contributed by atoms with E-state index in [1.807, 2.05) is 35.0 Å². The third-order valence-electron chi connectivity index (χ3n) is 5.80. The highest BCUT2D eigenvalue weighted by molar-refractivity contribution is 5.74. The first-order valence-corrected chi connectivity index (χ1v) is 10.1. The van der Waals surface area contributed by atoms with Crippen LogP contribution in [0.2, 0.25) is 0 Å². The van der Waals surface area contributed by atoms with E-state index in [9.17, 15) is 22.8 Å². The summed E-state index contributed by atoms with van der Waals surface area (Å²) in [5, 5.41) is 4.62. The fourth-order valence-corrected chi connectivity index (χ4v) is 4.25. The Hall–Kier alpha value is -3.69. The summed E-state index contributed by atoms with van der Waals surface area (Å²) in [4.78, 5) is 29.5. The largest absolute Gasteiger partial charge is 0.433 e. The molecule has 32 heavy (non-hydrogen) atoms. The van der Waals surface area contributed by atoms with Crippen LogP contribution in [0.5, 0.6) is 0 Å². The normalized spacial score (nSPS) is 13.6. The molecule has 0 atom stereocenters. The SMILES string of the molecule is Cn1c(=O)n(Cc2nn(-c3ccccc3)c3c2CCC3)c(=O)c2ccc(C(F)(F)F)nc21. The van der Waals surface area contributed by atoms with Gasteiger partial charge in [0.25, 0.3) is 5.56 Å². The molecule has 0 aliphatic heterocycles. The van der Waals surface area contributed by atoms with Crippen LogP contribution in [0.3, 0.4) is 0 Å². The summed E-state index contributed by atoms with van der Waals surface area (Å²) in [5.41, 5.74) is 0.671. The quantitative estimate of drug-likeness (QED) is 0.490. The number of rotatable bonds is 3. The van der Waals surface area contributed by atoms with Gasteiger partial charge >= 0.3 is 11.9 Å². The van der Waals surface area contributed by atoms with Gasteiger partial charge in [-0.1, -0.05) is 18.2 Å². The Labute approximate surface area is 179 Å². The zero-order chi connectivity index (χ0) is 22.6. The minimum absolute atomic E-state index is 0.0563. The molecule has 0 unspecified atom stereocenters. The number of fused-ring (bicyclic) bond motifs is 2. The predicted molar refractivity (Wildman–Crippen MR) is 111 cm³/mol. The molecular formula is C22H18F3N5O2. The zero-order valence-corrected chi connectivity index (χ0v) is 17.1. The third kappa shape index (κ3) is 3.14. The number of aryl methyl sites for hydroxylation is 1. The Bertz CT molecular complexity index is 1470. The summed E-state index contributed by atoms with van der Waals surface area (Å²) in [6.45, 7) is -0.0648. The highest BCUT2D eigenvalue weighted by Crippen LogP contribution is 2.29. The molecule has 1 aliphatic carbocycles. The van der Waals surface area contributed by atoms with Crippen molar-refractivity contribution in [1.82, 2.24) is 23.9 Å². The smallest absolute Gasteiger partial charge is 0.280 e. The monoisotopic (exact) mass is 441 g/mol. The Balaban J connectivity index is 1.65. The molecule has 1 aliphatic rings. The van der Waals surface area contributed by atoms with Crippen molar-refractivity contribution in [2.24, 2.45) is 7.05 Å². The Morgan fingerprint density at radius 1 is 1.03 bits per heavy atom. The van der Waals surface area contributed by atoms with Gasteiger partial charge in [0.1, 0.15) is 11.3 Å². The van der Waals surface area contributed by atoms with Crippen LogP contribution >= 0.6 is 0 Å². The predicted octanol–water partition coefficient (Wildman–Crippen LogP) is 2.84. The molecule has 0 saturated carbocycles. The lowest BCUT2D eigenvalue weighted by Crippen LogP contribution is -2.40. The average Bonchev–Trinajstić information content (AvgIpc) is 3.38. The van der Waals surface area contributed by atoms with Crippen LogP contribution < -0.4 is 11.2 Å². The average molecular weight is 441 g/mol. The van der Waals surface area contributed by atoms with Crippen LogP contribution in [-0.4, -0.2) is 23.9 Å². The van der Waals surface area contributed by atoms with E-state index in [0.717, 1.165) is 57.5 Å². The topological polar surface area (TPSA) is 74.7 Å². The van der Waals surface area contributed by atoms with Crippen LogP contribution in [0.15, 0.2) is 52.1 Å². The lowest BCUT2D eigenvalue weighted by Gasteiger charge is -2.12. The number of hydrogen-bond acceptors (Lipinski definition) is 4. The number of pyridine rings is 1. The number of halogens is 3. The number of aromatic nitrogens is 5. The van der Waals surface area contributed by atoms with E-state index in [2.05, 4.69) is 10.1 Å². The highest BCUT2D eigenvalue weighted by Gasteiger charge is 2.33. The van der Waals surface area contributed by atoms with Gasteiger partial charge in [-0.25, -0.2) is 14.5 Å². The van der Waals surface area contributed by atoms with E-state index in [4.69, 9.17) is 0 Å². The maximum Gasteiger partial charge on any atom is 0.433 e. The number of nitrogens with zero attached hydrogens (tertiary/aromatic N) is 5. The van der Waals surface area contributed by atoms with Crippen LogP contribution in [0.4, 0.5) is 13.2 Å². The first-order chi connectivity index (χ1) is 15.3. The van der Waals surface area contributed by atoms with E-state index in [-0.39, 0.29) is 17.6 Å². The molecule has 0 spiro atoms. The summed E-state index contributed by atoms with van der Waals surface area (Å²) in [6.07, 6.45) is -2.10. The van der Waals surface area contributed by atoms with Gasteiger partial charge in [-0.2, -0.15) is 18.3 Å². The molecule has 164 valence electrons. The van der Waals surface area contributed by atoms with Gasteiger partial charge in [0.2, 0.25) is 0 Å². The molecule has 5 rings (SSSR count). The fraction of sp³-hybridized carbons (Fsp3) is 0.273. The van der Waals surface area contributed by atoms with E-state index in [0.29, 0.717) is 5.69 Å². The van der Waals surface area contributed by atoms with Crippen molar-refractivity contribution in [2.45, 2.75) is 32.0 Å². The molecule has 1 aromatic carbocycles. The van der Waals surface area contributed by atoms with Crippen molar-refractivity contribution in [1.29, 1.82) is 0 Å². The second kappa shape index (κ2) is 7.18. The van der Waals surface area contributed by atoms with E-state index >= 15 is 0 Å². The van der Waals surface area contributed by atoms with Gasteiger partial charge in [0.15, 0.2) is 0 Å². The molecular weight excluding hydrogens is 423 g/mol. The Morgan fingerprint density at radius 2 is 1.78 bits per heavy atom. The molecule has 0 saturated heterocycles. The fourth-order valence-electron chi connectivity index (χ4n) is 4.25. The molecule has 3 aromatic heterocycles. The summed E-state index contributed by atoms with van der Waals surface area (Å²) in [6, 6.07) is 11.4. The van der Waals surface area contributed by atoms with E-state index < -0.39 is 23.1 Å². The van der Waals surface area contributed by atoms with Gasteiger partial charge in [-0.05, 0) is 49.1 Å². The van der Waals surface area contributed by atoms with Gasteiger partial charge in [-0.3, -0.25) is 13.9 Å². The number of para-hydroxylation sites is 1. The van der Waals surface area contributed by atoms with Crippen molar-refractivity contribution in [3.8, 4) is 5.69 Å². The van der Waals surface area contributed by atoms with Gasteiger partial charge < -0.3 is 0 Å². The summed E-state index contributed by atoms with van der Waals surface area (Å²) < 4.78 is 42.9. The highest BCUT2D eigenvalue weighted by atomic mass is 19.4. The van der Waals surface area contributed by atoms with Gasteiger partial charge in [-0.15, -0.1) is 0 Å². The molecule has 4 aromatic rings. The molecule has 0 N–H and O–H groups in total. The van der Waals surface area contributed by atoms with E-state index in [1.54, 1.807) is 0 Å². The maximum atomic E-state index is 13.0. The van der Waals surface area contributed by atoms with Crippen LogP contribution in [-0.2, 0) is 32.6 Å². The molecule has 0 amide bonds. The van der Waals surface area contributed by atoms with Gasteiger partial charge in [0, 0.05) is 12.7 Å². The molecule has 0 bridgehead atoms. The van der Waals surface area contributed by atoms with Gasteiger partial charge in [0.05, 0.1) is 23.3 Å².